The Labute approximate surface area is 105 Å². The number of carbonyl (C=O) groups is 1. The Morgan fingerprint density at radius 3 is 3.00 bits per heavy atom. The lowest BCUT2D eigenvalue weighted by Gasteiger charge is -2.15. The second-order valence-electron chi connectivity index (χ2n) is 3.70. The third kappa shape index (κ3) is 3.59. The Bertz CT molecular complexity index is 493. The van der Waals surface area contributed by atoms with E-state index in [0.29, 0.717) is 12.2 Å². The number of hydrogen-bond donors (Lipinski definition) is 2. The molecule has 94 valence electrons. The summed E-state index contributed by atoms with van der Waals surface area (Å²) in [4.78, 5) is 11.6. The van der Waals surface area contributed by atoms with Crippen molar-refractivity contribution in [2.24, 2.45) is 0 Å². The first-order valence-corrected chi connectivity index (χ1v) is 5.43. The molecule has 1 aromatic carbocycles. The van der Waals surface area contributed by atoms with Gasteiger partial charge in [-0.15, -0.1) is 6.58 Å². The summed E-state index contributed by atoms with van der Waals surface area (Å²) in [6.45, 7) is 5.52. The summed E-state index contributed by atoms with van der Waals surface area (Å²) in [7, 11) is 0. The van der Waals surface area contributed by atoms with Crippen molar-refractivity contribution in [1.29, 1.82) is 5.26 Å². The van der Waals surface area contributed by atoms with Crippen LogP contribution in [-0.4, -0.2) is 18.5 Å². The van der Waals surface area contributed by atoms with Crippen molar-refractivity contribution in [3.05, 3.63) is 42.2 Å². The quantitative estimate of drug-likeness (QED) is 0.780. The summed E-state index contributed by atoms with van der Waals surface area (Å²) < 4.78 is 12.9. The predicted octanol–water partition coefficient (Wildman–Crippen LogP) is 1.80. The minimum atomic E-state index is -0.525. The van der Waals surface area contributed by atoms with Crippen LogP contribution in [-0.2, 0) is 4.79 Å². The first kappa shape index (κ1) is 13.7. The number of anilines is 1. The molecule has 0 aliphatic rings. The van der Waals surface area contributed by atoms with Gasteiger partial charge in [0.1, 0.15) is 17.9 Å². The Morgan fingerprint density at radius 2 is 2.39 bits per heavy atom. The zero-order valence-corrected chi connectivity index (χ0v) is 10.0. The fraction of sp³-hybridized carbons (Fsp3) is 0.231. The highest BCUT2D eigenvalue weighted by molar-refractivity contribution is 5.84. The Hall–Kier alpha value is -2.35. The van der Waals surface area contributed by atoms with Crippen LogP contribution in [0.5, 0.6) is 0 Å². The standard InChI is InChI=1S/C13H14FN3O/c1-3-6-16-13(18)9(2)17-12-5-4-11(14)7-10(12)8-15/h3-5,7,9,17H,1,6H2,2H3,(H,16,18). The normalized spacial score (nSPS) is 11.2. The first-order chi connectivity index (χ1) is 8.58. The monoisotopic (exact) mass is 247 g/mol. The zero-order chi connectivity index (χ0) is 13.5. The first-order valence-electron chi connectivity index (χ1n) is 5.43. The maximum Gasteiger partial charge on any atom is 0.242 e. The van der Waals surface area contributed by atoms with Crippen molar-refractivity contribution in [3.8, 4) is 6.07 Å². The molecule has 1 aromatic rings. The third-order valence-electron chi connectivity index (χ3n) is 2.29. The van der Waals surface area contributed by atoms with E-state index in [4.69, 9.17) is 5.26 Å². The van der Waals surface area contributed by atoms with Crippen LogP contribution in [0, 0.1) is 17.1 Å². The summed E-state index contributed by atoms with van der Waals surface area (Å²) in [5, 5.41) is 14.4. The summed E-state index contributed by atoms with van der Waals surface area (Å²) in [6.07, 6.45) is 1.57. The highest BCUT2D eigenvalue weighted by Gasteiger charge is 2.13. The molecule has 0 spiro atoms. The van der Waals surface area contributed by atoms with Gasteiger partial charge in [0.05, 0.1) is 11.3 Å². The van der Waals surface area contributed by atoms with Crippen molar-refractivity contribution in [2.45, 2.75) is 13.0 Å². The average Bonchev–Trinajstić information content (AvgIpc) is 2.37. The molecule has 4 nitrogen and oxygen atoms in total. The largest absolute Gasteiger partial charge is 0.373 e. The van der Waals surface area contributed by atoms with Gasteiger partial charge in [-0.2, -0.15) is 5.26 Å². The van der Waals surface area contributed by atoms with E-state index in [1.807, 2.05) is 6.07 Å². The molecule has 0 saturated heterocycles. The molecular formula is C13H14FN3O. The molecule has 18 heavy (non-hydrogen) atoms. The molecule has 0 radical (unpaired) electrons. The van der Waals surface area contributed by atoms with Crippen molar-refractivity contribution in [3.63, 3.8) is 0 Å². The molecule has 0 heterocycles. The molecule has 0 aliphatic carbocycles. The zero-order valence-electron chi connectivity index (χ0n) is 10.0. The van der Waals surface area contributed by atoms with Crippen LogP contribution in [0.15, 0.2) is 30.9 Å². The molecule has 0 aliphatic heterocycles. The fourth-order valence-electron chi connectivity index (χ4n) is 1.36. The molecule has 0 bridgehead atoms. The van der Waals surface area contributed by atoms with Gasteiger partial charge in [0.15, 0.2) is 0 Å². The van der Waals surface area contributed by atoms with Crippen LogP contribution in [0.4, 0.5) is 10.1 Å². The van der Waals surface area contributed by atoms with E-state index in [9.17, 15) is 9.18 Å². The Kier molecular flexibility index (Phi) is 4.88. The van der Waals surface area contributed by atoms with Crippen molar-refractivity contribution >= 4 is 11.6 Å². The number of nitriles is 1. The summed E-state index contributed by atoms with van der Waals surface area (Å²) >= 11 is 0. The van der Waals surface area contributed by atoms with Gasteiger partial charge in [0.2, 0.25) is 5.91 Å². The molecule has 1 rings (SSSR count). The molecule has 0 aromatic heterocycles. The van der Waals surface area contributed by atoms with Gasteiger partial charge in [0, 0.05) is 6.54 Å². The van der Waals surface area contributed by atoms with Gasteiger partial charge < -0.3 is 10.6 Å². The third-order valence-corrected chi connectivity index (χ3v) is 2.29. The van der Waals surface area contributed by atoms with Gasteiger partial charge in [-0.05, 0) is 25.1 Å². The lowest BCUT2D eigenvalue weighted by Crippen LogP contribution is -2.37. The number of benzene rings is 1. The van der Waals surface area contributed by atoms with Gasteiger partial charge in [-0.3, -0.25) is 4.79 Å². The Balaban J connectivity index is 2.75. The van der Waals surface area contributed by atoms with Crippen LogP contribution in [0.25, 0.3) is 0 Å². The Morgan fingerprint density at radius 1 is 1.67 bits per heavy atom. The van der Waals surface area contributed by atoms with Crippen molar-refractivity contribution < 1.29 is 9.18 Å². The average molecular weight is 247 g/mol. The topological polar surface area (TPSA) is 64.9 Å². The lowest BCUT2D eigenvalue weighted by molar-refractivity contribution is -0.121. The molecule has 1 unspecified atom stereocenters. The second kappa shape index (κ2) is 6.40. The molecule has 1 atom stereocenters. The number of halogens is 1. The molecule has 1 amide bonds. The molecule has 5 heteroatoms. The van der Waals surface area contributed by atoms with E-state index in [2.05, 4.69) is 17.2 Å². The number of rotatable bonds is 5. The van der Waals surface area contributed by atoms with E-state index >= 15 is 0 Å². The van der Waals surface area contributed by atoms with Crippen LogP contribution < -0.4 is 10.6 Å². The SMILES string of the molecule is C=CCNC(=O)C(C)Nc1ccc(F)cc1C#N. The van der Waals surface area contributed by atoms with Crippen molar-refractivity contribution in [1.82, 2.24) is 5.32 Å². The second-order valence-corrected chi connectivity index (χ2v) is 3.70. The number of hydrogen-bond acceptors (Lipinski definition) is 3. The van der Waals surface area contributed by atoms with Crippen LogP contribution >= 0.6 is 0 Å². The number of carbonyl (C=O) groups excluding carboxylic acids is 1. The van der Waals surface area contributed by atoms with Gasteiger partial charge in [-0.25, -0.2) is 4.39 Å². The van der Waals surface area contributed by atoms with Crippen LogP contribution in [0.3, 0.4) is 0 Å². The fourth-order valence-corrected chi connectivity index (χ4v) is 1.36. The maximum atomic E-state index is 12.9. The highest BCUT2D eigenvalue weighted by atomic mass is 19.1. The van der Waals surface area contributed by atoms with E-state index in [1.54, 1.807) is 13.0 Å². The smallest absolute Gasteiger partial charge is 0.242 e. The summed E-state index contributed by atoms with van der Waals surface area (Å²) in [6, 6.07) is 5.14. The molecule has 2 N–H and O–H groups in total. The number of nitrogens with one attached hydrogen (secondary N) is 2. The summed E-state index contributed by atoms with van der Waals surface area (Å²) in [5.74, 6) is -0.705. The lowest BCUT2D eigenvalue weighted by atomic mass is 10.1. The summed E-state index contributed by atoms with van der Waals surface area (Å²) in [5.41, 5.74) is 0.596. The van der Waals surface area contributed by atoms with E-state index in [0.717, 1.165) is 6.07 Å². The van der Waals surface area contributed by atoms with Crippen LogP contribution in [0.1, 0.15) is 12.5 Å². The minimum Gasteiger partial charge on any atom is -0.373 e. The van der Waals surface area contributed by atoms with E-state index < -0.39 is 11.9 Å². The number of amides is 1. The van der Waals surface area contributed by atoms with Gasteiger partial charge >= 0.3 is 0 Å². The van der Waals surface area contributed by atoms with E-state index in [-0.39, 0.29) is 11.5 Å². The number of nitrogens with zero attached hydrogens (tertiary/aromatic N) is 1. The van der Waals surface area contributed by atoms with Crippen LogP contribution in [0.2, 0.25) is 0 Å². The van der Waals surface area contributed by atoms with Gasteiger partial charge in [0.25, 0.3) is 0 Å². The molecule has 0 saturated carbocycles. The highest BCUT2D eigenvalue weighted by Crippen LogP contribution is 2.16. The maximum absolute atomic E-state index is 12.9. The van der Waals surface area contributed by atoms with Crippen molar-refractivity contribution in [2.75, 3.05) is 11.9 Å². The van der Waals surface area contributed by atoms with Gasteiger partial charge in [-0.1, -0.05) is 6.08 Å². The predicted molar refractivity (Wildman–Crippen MR) is 67.4 cm³/mol. The molecule has 0 fully saturated rings. The van der Waals surface area contributed by atoms with E-state index in [1.165, 1.54) is 12.1 Å². The minimum absolute atomic E-state index is 0.165. The molecular weight excluding hydrogens is 233 g/mol.